The molecule has 19 heavy (non-hydrogen) atoms. The number of halogens is 5. The predicted molar refractivity (Wildman–Crippen MR) is 52.4 cm³/mol. The second kappa shape index (κ2) is 3.87. The topological polar surface area (TPSA) is 84.7 Å². The molecule has 0 aliphatic rings. The fourth-order valence-corrected chi connectivity index (χ4v) is 1.43. The van der Waals surface area contributed by atoms with Gasteiger partial charge in [-0.3, -0.25) is 9.89 Å². The van der Waals surface area contributed by atoms with Crippen molar-refractivity contribution in [2.75, 3.05) is 0 Å². The van der Waals surface area contributed by atoms with Crippen LogP contribution in [0.4, 0.5) is 22.0 Å². The monoisotopic (exact) mass is 280 g/mol. The molecule has 5 nitrogen and oxygen atoms in total. The lowest BCUT2D eigenvalue weighted by atomic mass is 10.1. The maximum atomic E-state index is 13.1. The summed E-state index contributed by atoms with van der Waals surface area (Å²) in [5, 5.41) is 5.29. The third kappa shape index (κ3) is 1.98. The number of hydrogen-bond donors (Lipinski definition) is 2. The van der Waals surface area contributed by atoms with Gasteiger partial charge in [-0.05, 0) is 6.07 Å². The third-order valence-corrected chi connectivity index (χ3v) is 2.37. The van der Waals surface area contributed by atoms with Crippen LogP contribution in [0.1, 0.15) is 16.1 Å². The molecule has 0 radical (unpaired) electrons. The first-order valence-electron chi connectivity index (χ1n) is 4.73. The number of aromatic amines is 1. The summed E-state index contributed by atoms with van der Waals surface area (Å²) in [7, 11) is 0. The predicted octanol–water partition coefficient (Wildman–Crippen LogP) is 1.71. The molecule has 2 aromatic heterocycles. The number of rotatable bonds is 2. The van der Waals surface area contributed by atoms with Crippen LogP contribution in [0.15, 0.2) is 12.3 Å². The fraction of sp³-hybridized carbons (Fsp3) is 0.222. The van der Waals surface area contributed by atoms with Gasteiger partial charge in [0.25, 0.3) is 5.91 Å². The largest absolute Gasteiger partial charge is 0.458 e. The van der Waals surface area contributed by atoms with E-state index in [2.05, 4.69) is 15.2 Å². The molecule has 0 saturated carbocycles. The second-order valence-electron chi connectivity index (χ2n) is 3.63. The number of H-pyrrole nitrogens is 1. The van der Waals surface area contributed by atoms with Crippen LogP contribution in [0, 0.1) is 0 Å². The van der Waals surface area contributed by atoms with Crippen LogP contribution in [0.25, 0.3) is 11.0 Å². The Balaban J connectivity index is 2.64. The number of alkyl halides is 5. The first kappa shape index (κ1) is 13.2. The minimum atomic E-state index is -5.76. The Kier molecular flexibility index (Phi) is 2.68. The van der Waals surface area contributed by atoms with Crippen LogP contribution in [-0.4, -0.2) is 27.3 Å². The molecule has 0 aliphatic heterocycles. The SMILES string of the molecule is NC(=O)c1n[nH]c2ncc(C(F)(F)C(F)(F)F)cc12. The van der Waals surface area contributed by atoms with Gasteiger partial charge in [0.1, 0.15) is 0 Å². The van der Waals surface area contributed by atoms with Crippen molar-refractivity contribution in [3.63, 3.8) is 0 Å². The Hall–Kier alpha value is -2.26. The summed E-state index contributed by atoms with van der Waals surface area (Å²) in [6.07, 6.45) is -5.41. The van der Waals surface area contributed by atoms with Crippen molar-refractivity contribution < 1.29 is 26.7 Å². The zero-order valence-electron chi connectivity index (χ0n) is 8.92. The number of pyridine rings is 1. The Bertz CT molecular complexity index is 648. The van der Waals surface area contributed by atoms with E-state index in [0.29, 0.717) is 12.3 Å². The van der Waals surface area contributed by atoms with E-state index in [9.17, 15) is 26.7 Å². The number of primary amides is 1. The molecule has 0 bridgehead atoms. The number of nitrogens with one attached hydrogen (secondary N) is 1. The molecule has 0 spiro atoms. The van der Waals surface area contributed by atoms with Gasteiger partial charge in [-0.15, -0.1) is 0 Å². The van der Waals surface area contributed by atoms with Crippen molar-refractivity contribution in [1.29, 1.82) is 0 Å². The van der Waals surface area contributed by atoms with Gasteiger partial charge < -0.3 is 5.73 Å². The van der Waals surface area contributed by atoms with E-state index < -0.39 is 29.3 Å². The van der Waals surface area contributed by atoms with Crippen LogP contribution >= 0.6 is 0 Å². The molecule has 0 unspecified atom stereocenters. The smallest absolute Gasteiger partial charge is 0.364 e. The molecule has 0 aromatic carbocycles. The summed E-state index contributed by atoms with van der Waals surface area (Å²) in [6, 6.07) is 0.486. The lowest BCUT2D eigenvalue weighted by molar-refractivity contribution is -0.289. The van der Waals surface area contributed by atoms with E-state index in [0.717, 1.165) is 0 Å². The standard InChI is InChI=1S/C9H5F5N4O/c10-8(11,9(12,13)14)3-1-4-5(6(15)19)17-18-7(4)16-2-3/h1-2H,(H2,15,19)(H,16,17,18). The lowest BCUT2D eigenvalue weighted by Gasteiger charge is -2.19. The summed E-state index contributed by atoms with van der Waals surface area (Å²) >= 11 is 0. The molecule has 0 atom stereocenters. The van der Waals surface area contributed by atoms with Gasteiger partial charge in [0.05, 0.1) is 5.39 Å². The summed E-state index contributed by atoms with van der Waals surface area (Å²) in [4.78, 5) is 14.3. The number of carbonyl (C=O) groups is 1. The van der Waals surface area contributed by atoms with E-state index in [1.165, 1.54) is 0 Å². The summed E-state index contributed by atoms with van der Waals surface area (Å²) < 4.78 is 62.9. The van der Waals surface area contributed by atoms with Crippen molar-refractivity contribution in [1.82, 2.24) is 15.2 Å². The molecule has 2 aromatic rings. The number of hydrogen-bond acceptors (Lipinski definition) is 3. The average Bonchev–Trinajstić information content (AvgIpc) is 2.69. The Morgan fingerprint density at radius 1 is 1.26 bits per heavy atom. The Morgan fingerprint density at radius 3 is 2.42 bits per heavy atom. The Morgan fingerprint density at radius 2 is 1.89 bits per heavy atom. The molecule has 102 valence electrons. The summed E-state index contributed by atoms with van der Waals surface area (Å²) in [6.45, 7) is 0. The highest BCUT2D eigenvalue weighted by Crippen LogP contribution is 2.44. The van der Waals surface area contributed by atoms with Crippen molar-refractivity contribution in [3.8, 4) is 0 Å². The van der Waals surface area contributed by atoms with Gasteiger partial charge in [0.15, 0.2) is 11.3 Å². The van der Waals surface area contributed by atoms with Gasteiger partial charge in [0.2, 0.25) is 0 Å². The van der Waals surface area contributed by atoms with Crippen molar-refractivity contribution in [2.45, 2.75) is 12.1 Å². The van der Waals surface area contributed by atoms with Gasteiger partial charge in [-0.1, -0.05) is 0 Å². The van der Waals surface area contributed by atoms with Gasteiger partial charge in [-0.25, -0.2) is 4.98 Å². The molecular weight excluding hydrogens is 275 g/mol. The molecule has 10 heteroatoms. The summed E-state index contributed by atoms with van der Waals surface area (Å²) in [5.74, 6) is -6.15. The van der Waals surface area contributed by atoms with Crippen molar-refractivity contribution >= 4 is 16.9 Å². The fourth-order valence-electron chi connectivity index (χ4n) is 1.43. The number of fused-ring (bicyclic) bond motifs is 1. The quantitative estimate of drug-likeness (QED) is 0.821. The summed E-state index contributed by atoms with van der Waals surface area (Å²) in [5.41, 5.74) is 2.95. The third-order valence-electron chi connectivity index (χ3n) is 2.37. The molecular formula is C9H5F5N4O. The molecule has 0 aliphatic carbocycles. The molecule has 2 rings (SSSR count). The normalized spacial score (nSPS) is 12.9. The minimum absolute atomic E-state index is 0.115. The number of nitrogens with zero attached hydrogens (tertiary/aromatic N) is 2. The van der Waals surface area contributed by atoms with E-state index in [1.807, 2.05) is 0 Å². The van der Waals surface area contributed by atoms with Gasteiger partial charge >= 0.3 is 12.1 Å². The second-order valence-corrected chi connectivity index (χ2v) is 3.63. The van der Waals surface area contributed by atoms with Crippen LogP contribution in [0.5, 0.6) is 0 Å². The zero-order valence-corrected chi connectivity index (χ0v) is 8.92. The maximum Gasteiger partial charge on any atom is 0.458 e. The molecule has 0 saturated heterocycles. The van der Waals surface area contributed by atoms with E-state index in [4.69, 9.17) is 5.73 Å². The maximum absolute atomic E-state index is 13.1. The van der Waals surface area contributed by atoms with Crippen LogP contribution in [-0.2, 0) is 5.92 Å². The number of nitrogens with two attached hydrogens (primary N) is 1. The molecule has 2 heterocycles. The van der Waals surface area contributed by atoms with Crippen molar-refractivity contribution in [3.05, 3.63) is 23.5 Å². The van der Waals surface area contributed by atoms with E-state index >= 15 is 0 Å². The highest BCUT2D eigenvalue weighted by molar-refractivity contribution is 6.03. The van der Waals surface area contributed by atoms with Gasteiger partial charge in [-0.2, -0.15) is 27.1 Å². The van der Waals surface area contributed by atoms with Crippen LogP contribution in [0.2, 0.25) is 0 Å². The van der Waals surface area contributed by atoms with Gasteiger partial charge in [0, 0.05) is 11.8 Å². The first-order chi connectivity index (χ1) is 8.64. The molecule has 3 N–H and O–H groups in total. The first-order valence-corrected chi connectivity index (χ1v) is 4.73. The van der Waals surface area contributed by atoms with E-state index in [-0.39, 0.29) is 11.0 Å². The van der Waals surface area contributed by atoms with Crippen molar-refractivity contribution in [2.24, 2.45) is 5.73 Å². The Labute approximate surface area is 101 Å². The molecule has 0 fully saturated rings. The number of aromatic nitrogens is 3. The zero-order chi connectivity index (χ0) is 14.4. The van der Waals surface area contributed by atoms with Crippen LogP contribution < -0.4 is 5.73 Å². The number of amides is 1. The lowest BCUT2D eigenvalue weighted by Crippen LogP contribution is -2.33. The molecule has 1 amide bonds. The van der Waals surface area contributed by atoms with E-state index in [1.54, 1.807) is 0 Å². The number of carbonyl (C=O) groups excluding carboxylic acids is 1. The van der Waals surface area contributed by atoms with Crippen LogP contribution in [0.3, 0.4) is 0 Å². The minimum Gasteiger partial charge on any atom is -0.364 e. The highest BCUT2D eigenvalue weighted by Gasteiger charge is 2.59. The average molecular weight is 280 g/mol. The highest BCUT2D eigenvalue weighted by atomic mass is 19.4.